The lowest BCUT2D eigenvalue weighted by Crippen LogP contribution is -2.39. The fourth-order valence-corrected chi connectivity index (χ4v) is 4.05. The lowest BCUT2D eigenvalue weighted by molar-refractivity contribution is 0.0704. The first-order chi connectivity index (χ1) is 12.0. The molecule has 0 aliphatic carbocycles. The summed E-state index contributed by atoms with van der Waals surface area (Å²) in [7, 11) is -1.03. The van der Waals surface area contributed by atoms with Crippen LogP contribution >= 0.6 is 0 Å². The van der Waals surface area contributed by atoms with Crippen LogP contribution in [0.5, 0.6) is 0 Å². The van der Waals surface area contributed by atoms with Crippen LogP contribution in [0.2, 0.25) is 0 Å². The van der Waals surface area contributed by atoms with Crippen LogP contribution in [0.15, 0.2) is 29.2 Å². The van der Waals surface area contributed by atoms with E-state index in [-0.39, 0.29) is 17.1 Å². The summed E-state index contributed by atoms with van der Waals surface area (Å²) in [5.41, 5.74) is 0.635. The first-order valence-corrected chi connectivity index (χ1v) is 9.86. The van der Waals surface area contributed by atoms with E-state index < -0.39 is 10.8 Å². The number of hydrogen-bond donors (Lipinski definition) is 1. The van der Waals surface area contributed by atoms with Gasteiger partial charge in [-0.2, -0.15) is 5.10 Å². The molecule has 0 saturated carbocycles. The molecule has 7 heteroatoms. The number of piperidine rings is 1. The van der Waals surface area contributed by atoms with Gasteiger partial charge in [0.15, 0.2) is 5.82 Å². The number of hydrogen-bond acceptors (Lipinski definition) is 4. The summed E-state index contributed by atoms with van der Waals surface area (Å²) in [5, 5.41) is 7.18. The number of aromatic amines is 1. The monoisotopic (exact) mass is 360 g/mol. The molecule has 0 spiro atoms. The Morgan fingerprint density at radius 3 is 2.64 bits per heavy atom. The van der Waals surface area contributed by atoms with Crippen molar-refractivity contribution in [1.82, 2.24) is 20.1 Å². The van der Waals surface area contributed by atoms with Gasteiger partial charge in [-0.25, -0.2) is 4.98 Å². The van der Waals surface area contributed by atoms with Crippen molar-refractivity contribution in [2.24, 2.45) is 0 Å². The van der Waals surface area contributed by atoms with Crippen LogP contribution < -0.4 is 0 Å². The topological polar surface area (TPSA) is 79.0 Å². The SMILES string of the molecule is Cc1nc(C2CCCN(C(=O)c3ccc(S(=O)C(C)C)cc3)C2)n[nH]1. The fraction of sp³-hybridized carbons (Fsp3) is 0.500. The number of amides is 1. The van der Waals surface area contributed by atoms with Crippen LogP contribution in [-0.2, 0) is 10.8 Å². The van der Waals surface area contributed by atoms with Crippen molar-refractivity contribution in [3.8, 4) is 0 Å². The summed E-state index contributed by atoms with van der Waals surface area (Å²) in [5.74, 6) is 1.78. The van der Waals surface area contributed by atoms with Crippen molar-refractivity contribution in [3.05, 3.63) is 41.5 Å². The van der Waals surface area contributed by atoms with E-state index in [0.29, 0.717) is 12.1 Å². The Kier molecular flexibility index (Phi) is 5.32. The number of nitrogens with one attached hydrogen (secondary N) is 1. The summed E-state index contributed by atoms with van der Waals surface area (Å²) in [6.07, 6.45) is 1.94. The second kappa shape index (κ2) is 7.47. The zero-order valence-corrected chi connectivity index (χ0v) is 15.7. The zero-order chi connectivity index (χ0) is 18.0. The molecule has 6 nitrogen and oxygen atoms in total. The Labute approximate surface area is 150 Å². The normalized spacial score (nSPS) is 19.2. The van der Waals surface area contributed by atoms with Crippen LogP contribution in [-0.4, -0.2) is 48.5 Å². The summed E-state index contributed by atoms with van der Waals surface area (Å²) in [6.45, 7) is 7.11. The van der Waals surface area contributed by atoms with Gasteiger partial charge in [0, 0.05) is 34.7 Å². The maximum absolute atomic E-state index is 12.8. The molecule has 25 heavy (non-hydrogen) atoms. The van der Waals surface area contributed by atoms with Gasteiger partial charge in [-0.1, -0.05) is 13.8 Å². The molecule has 1 saturated heterocycles. The van der Waals surface area contributed by atoms with Gasteiger partial charge in [0.25, 0.3) is 5.91 Å². The van der Waals surface area contributed by atoms with Crippen LogP contribution in [0.4, 0.5) is 0 Å². The molecule has 0 bridgehead atoms. The number of nitrogens with zero attached hydrogens (tertiary/aromatic N) is 3. The molecule has 2 atom stereocenters. The summed E-state index contributed by atoms with van der Waals surface area (Å²) in [4.78, 5) is 19.8. The maximum atomic E-state index is 12.8. The average molecular weight is 360 g/mol. The van der Waals surface area contributed by atoms with Gasteiger partial charge in [0.1, 0.15) is 5.82 Å². The molecule has 2 heterocycles. The highest BCUT2D eigenvalue weighted by Crippen LogP contribution is 2.25. The van der Waals surface area contributed by atoms with Crippen molar-refractivity contribution in [1.29, 1.82) is 0 Å². The van der Waals surface area contributed by atoms with Gasteiger partial charge in [-0.05, 0) is 44.0 Å². The Morgan fingerprint density at radius 1 is 1.32 bits per heavy atom. The highest BCUT2D eigenvalue weighted by molar-refractivity contribution is 7.85. The molecule has 0 radical (unpaired) electrons. The first-order valence-electron chi connectivity index (χ1n) is 8.64. The summed E-state index contributed by atoms with van der Waals surface area (Å²) in [6, 6.07) is 7.14. The molecule has 1 aromatic heterocycles. The molecule has 1 fully saturated rings. The molecule has 2 aromatic rings. The Hall–Kier alpha value is -2.02. The minimum atomic E-state index is -1.03. The minimum Gasteiger partial charge on any atom is -0.338 e. The van der Waals surface area contributed by atoms with Crippen molar-refractivity contribution < 1.29 is 9.00 Å². The molecule has 1 amide bonds. The van der Waals surface area contributed by atoms with Gasteiger partial charge >= 0.3 is 0 Å². The quantitative estimate of drug-likeness (QED) is 0.909. The molecule has 3 rings (SSSR count). The largest absolute Gasteiger partial charge is 0.338 e. The van der Waals surface area contributed by atoms with Crippen LogP contribution in [0.1, 0.15) is 54.6 Å². The van der Waals surface area contributed by atoms with Gasteiger partial charge < -0.3 is 4.90 Å². The number of likely N-dealkylation sites (tertiary alicyclic amines) is 1. The predicted molar refractivity (Wildman–Crippen MR) is 97.0 cm³/mol. The van der Waals surface area contributed by atoms with Crippen LogP contribution in [0, 0.1) is 6.92 Å². The van der Waals surface area contributed by atoms with E-state index in [4.69, 9.17) is 0 Å². The molecule has 1 aliphatic heterocycles. The number of carbonyl (C=O) groups excluding carboxylic acids is 1. The highest BCUT2D eigenvalue weighted by Gasteiger charge is 2.27. The van der Waals surface area contributed by atoms with Gasteiger partial charge in [0.2, 0.25) is 0 Å². The van der Waals surface area contributed by atoms with E-state index >= 15 is 0 Å². The number of H-pyrrole nitrogens is 1. The zero-order valence-electron chi connectivity index (χ0n) is 14.9. The molecular formula is C18H24N4O2S. The predicted octanol–water partition coefficient (Wildman–Crippen LogP) is 2.65. The smallest absolute Gasteiger partial charge is 0.253 e. The third kappa shape index (κ3) is 3.98. The maximum Gasteiger partial charge on any atom is 0.253 e. The first kappa shape index (κ1) is 17.8. The van der Waals surface area contributed by atoms with E-state index in [1.807, 2.05) is 25.7 Å². The van der Waals surface area contributed by atoms with Crippen molar-refractivity contribution in [2.75, 3.05) is 13.1 Å². The molecule has 1 aromatic carbocycles. The lowest BCUT2D eigenvalue weighted by Gasteiger charge is -2.31. The Bertz CT molecular complexity index is 770. The van der Waals surface area contributed by atoms with Crippen LogP contribution in [0.25, 0.3) is 0 Å². The van der Waals surface area contributed by atoms with Crippen molar-refractivity contribution >= 4 is 16.7 Å². The Morgan fingerprint density at radius 2 is 2.04 bits per heavy atom. The number of rotatable bonds is 4. The molecule has 1 N–H and O–H groups in total. The second-order valence-electron chi connectivity index (χ2n) is 6.74. The van der Waals surface area contributed by atoms with Crippen LogP contribution in [0.3, 0.4) is 0 Å². The number of benzene rings is 1. The third-order valence-electron chi connectivity index (χ3n) is 4.45. The molecule has 1 aliphatic rings. The third-order valence-corrected chi connectivity index (χ3v) is 6.04. The fourth-order valence-electron chi connectivity index (χ4n) is 3.10. The molecular weight excluding hydrogens is 336 g/mol. The number of carbonyl (C=O) groups is 1. The van der Waals surface area contributed by atoms with Gasteiger partial charge in [-0.3, -0.25) is 14.1 Å². The van der Waals surface area contributed by atoms with E-state index in [1.165, 1.54) is 0 Å². The van der Waals surface area contributed by atoms with E-state index in [2.05, 4.69) is 15.2 Å². The van der Waals surface area contributed by atoms with Crippen molar-refractivity contribution in [2.45, 2.75) is 49.7 Å². The lowest BCUT2D eigenvalue weighted by atomic mass is 9.96. The summed E-state index contributed by atoms with van der Waals surface area (Å²) < 4.78 is 12.1. The standard InChI is InChI=1S/C18H24N4O2S/c1-12(2)25(24)16-8-6-14(7-9-16)18(23)22-10-4-5-15(11-22)17-19-13(3)20-21-17/h6-9,12,15H,4-5,10-11H2,1-3H3,(H,19,20,21). The Balaban J connectivity index is 1.71. The number of aromatic nitrogens is 3. The van der Waals surface area contributed by atoms with E-state index in [9.17, 15) is 9.00 Å². The number of aryl methyl sites for hydroxylation is 1. The van der Waals surface area contributed by atoms with E-state index in [1.54, 1.807) is 24.3 Å². The second-order valence-corrected chi connectivity index (χ2v) is 8.75. The van der Waals surface area contributed by atoms with E-state index in [0.717, 1.165) is 35.9 Å². The van der Waals surface area contributed by atoms with Gasteiger partial charge in [0.05, 0.1) is 10.8 Å². The molecule has 134 valence electrons. The highest BCUT2D eigenvalue weighted by atomic mass is 32.2. The van der Waals surface area contributed by atoms with Crippen molar-refractivity contribution in [3.63, 3.8) is 0 Å². The minimum absolute atomic E-state index is 0.0128. The summed E-state index contributed by atoms with van der Waals surface area (Å²) >= 11 is 0. The molecule has 2 unspecified atom stereocenters. The van der Waals surface area contributed by atoms with Gasteiger partial charge in [-0.15, -0.1) is 0 Å². The average Bonchev–Trinajstić information content (AvgIpc) is 3.07.